The minimum absolute atomic E-state index is 0.151. The number of nitrogens with zero attached hydrogens (tertiary/aromatic N) is 1. The smallest absolute Gasteiger partial charge is 0.225 e. The van der Waals surface area contributed by atoms with E-state index in [9.17, 15) is 9.90 Å². The largest absolute Gasteiger partial charge is 0.389 e. The Morgan fingerprint density at radius 1 is 1.40 bits per heavy atom. The molecule has 1 unspecified atom stereocenters. The predicted molar refractivity (Wildman–Crippen MR) is 77.1 cm³/mol. The first-order valence-electron chi connectivity index (χ1n) is 7.21. The summed E-state index contributed by atoms with van der Waals surface area (Å²) >= 11 is 0. The molecule has 0 aliphatic heterocycles. The average molecular weight is 277 g/mol. The second kappa shape index (κ2) is 7.41. The van der Waals surface area contributed by atoms with E-state index >= 15 is 0 Å². The summed E-state index contributed by atoms with van der Waals surface area (Å²) in [5.74, 6) is 0.329. The molecule has 0 heterocycles. The second-order valence-electron chi connectivity index (χ2n) is 5.50. The number of benzene rings is 1. The quantitative estimate of drug-likeness (QED) is 0.827. The molecule has 4 heteroatoms. The number of hydrogen-bond acceptors (Lipinski definition) is 3. The molecule has 1 saturated carbocycles. The zero-order valence-corrected chi connectivity index (χ0v) is 12.0. The summed E-state index contributed by atoms with van der Waals surface area (Å²) in [7, 11) is 1.75. The molecule has 1 fully saturated rings. The molecule has 4 nitrogen and oxygen atoms in total. The summed E-state index contributed by atoms with van der Waals surface area (Å²) in [6.45, 7) is 1.07. The maximum Gasteiger partial charge on any atom is 0.225 e. The Labute approximate surface area is 120 Å². The Bertz CT molecular complexity index is 417. The fourth-order valence-electron chi connectivity index (χ4n) is 2.31. The topological polar surface area (TPSA) is 49.8 Å². The van der Waals surface area contributed by atoms with Crippen molar-refractivity contribution in [2.75, 3.05) is 20.2 Å². The fourth-order valence-corrected chi connectivity index (χ4v) is 2.31. The molecule has 1 amide bonds. The zero-order chi connectivity index (χ0) is 14.4. The number of carbonyl (C=O) groups excluding carboxylic acids is 1. The van der Waals surface area contributed by atoms with Crippen molar-refractivity contribution in [3.63, 3.8) is 0 Å². The first-order chi connectivity index (χ1) is 9.66. The van der Waals surface area contributed by atoms with Crippen LogP contribution in [0.1, 0.15) is 24.8 Å². The number of likely N-dealkylation sites (N-methyl/N-ethyl adjacent to an activating group) is 1. The van der Waals surface area contributed by atoms with Crippen LogP contribution in [0.3, 0.4) is 0 Å². The third-order valence-electron chi connectivity index (χ3n) is 3.74. The van der Waals surface area contributed by atoms with Gasteiger partial charge in [-0.05, 0) is 18.4 Å². The van der Waals surface area contributed by atoms with E-state index in [-0.39, 0.29) is 18.4 Å². The van der Waals surface area contributed by atoms with Gasteiger partial charge in [0.2, 0.25) is 5.91 Å². The van der Waals surface area contributed by atoms with Gasteiger partial charge in [-0.3, -0.25) is 4.79 Å². The number of amides is 1. The van der Waals surface area contributed by atoms with Crippen LogP contribution in [-0.2, 0) is 16.1 Å². The molecule has 1 atom stereocenters. The van der Waals surface area contributed by atoms with Crippen LogP contribution in [0.5, 0.6) is 0 Å². The van der Waals surface area contributed by atoms with Crippen LogP contribution >= 0.6 is 0 Å². The van der Waals surface area contributed by atoms with Crippen molar-refractivity contribution in [1.29, 1.82) is 0 Å². The second-order valence-corrected chi connectivity index (χ2v) is 5.50. The summed E-state index contributed by atoms with van der Waals surface area (Å²) in [5, 5.41) is 9.90. The van der Waals surface area contributed by atoms with Gasteiger partial charge in [0.05, 0.1) is 19.3 Å². The number of aliphatic hydroxyl groups excluding tert-OH is 1. The van der Waals surface area contributed by atoms with Crippen molar-refractivity contribution in [3.8, 4) is 0 Å². The molecule has 1 aliphatic rings. The Morgan fingerprint density at radius 2 is 2.10 bits per heavy atom. The molecule has 110 valence electrons. The van der Waals surface area contributed by atoms with Crippen molar-refractivity contribution in [2.45, 2.75) is 32.0 Å². The van der Waals surface area contributed by atoms with Crippen LogP contribution in [0.15, 0.2) is 30.3 Å². The average Bonchev–Trinajstić information content (AvgIpc) is 2.37. The molecule has 0 aromatic heterocycles. The SMILES string of the molecule is CN(CC(O)COCc1ccccc1)C(=O)C1CCC1. The summed E-state index contributed by atoms with van der Waals surface area (Å²) in [5.41, 5.74) is 1.08. The van der Waals surface area contributed by atoms with Crippen LogP contribution in [0.25, 0.3) is 0 Å². The van der Waals surface area contributed by atoms with Crippen molar-refractivity contribution in [3.05, 3.63) is 35.9 Å². The van der Waals surface area contributed by atoms with E-state index < -0.39 is 6.10 Å². The summed E-state index contributed by atoms with van der Waals surface area (Å²) in [4.78, 5) is 13.6. The Balaban J connectivity index is 1.64. The van der Waals surface area contributed by atoms with Crippen LogP contribution < -0.4 is 0 Å². The number of carbonyl (C=O) groups is 1. The van der Waals surface area contributed by atoms with E-state index in [2.05, 4.69) is 0 Å². The lowest BCUT2D eigenvalue weighted by atomic mass is 9.84. The van der Waals surface area contributed by atoms with E-state index in [0.29, 0.717) is 13.2 Å². The molecule has 1 aromatic rings. The van der Waals surface area contributed by atoms with Gasteiger partial charge in [0, 0.05) is 19.5 Å². The highest BCUT2D eigenvalue weighted by atomic mass is 16.5. The van der Waals surface area contributed by atoms with Gasteiger partial charge >= 0.3 is 0 Å². The van der Waals surface area contributed by atoms with Gasteiger partial charge in [0.25, 0.3) is 0 Å². The Kier molecular flexibility index (Phi) is 5.56. The highest BCUT2D eigenvalue weighted by Gasteiger charge is 2.28. The standard InChI is InChI=1S/C16H23NO3/c1-17(16(19)14-8-5-9-14)10-15(18)12-20-11-13-6-3-2-4-7-13/h2-4,6-7,14-15,18H,5,8-12H2,1H3. The summed E-state index contributed by atoms with van der Waals surface area (Å²) in [6.07, 6.45) is 2.49. The summed E-state index contributed by atoms with van der Waals surface area (Å²) in [6, 6.07) is 9.84. The van der Waals surface area contributed by atoms with Crippen LogP contribution in [0.2, 0.25) is 0 Å². The highest BCUT2D eigenvalue weighted by Crippen LogP contribution is 2.27. The maximum atomic E-state index is 11.9. The molecule has 0 spiro atoms. The van der Waals surface area contributed by atoms with E-state index in [1.807, 2.05) is 30.3 Å². The lowest BCUT2D eigenvalue weighted by Crippen LogP contribution is -2.41. The number of hydrogen-bond donors (Lipinski definition) is 1. The fraction of sp³-hybridized carbons (Fsp3) is 0.562. The molecule has 0 bridgehead atoms. The Hall–Kier alpha value is -1.39. The summed E-state index contributed by atoms with van der Waals surface area (Å²) < 4.78 is 5.47. The number of aliphatic hydroxyl groups is 1. The molecule has 1 aliphatic carbocycles. The lowest BCUT2D eigenvalue weighted by molar-refractivity contribution is -0.138. The monoisotopic (exact) mass is 277 g/mol. The van der Waals surface area contributed by atoms with E-state index in [0.717, 1.165) is 24.8 Å². The van der Waals surface area contributed by atoms with Gasteiger partial charge in [-0.2, -0.15) is 0 Å². The third-order valence-corrected chi connectivity index (χ3v) is 3.74. The molecule has 0 radical (unpaired) electrons. The molecule has 20 heavy (non-hydrogen) atoms. The van der Waals surface area contributed by atoms with Gasteiger partial charge < -0.3 is 14.7 Å². The van der Waals surface area contributed by atoms with E-state index in [4.69, 9.17) is 4.74 Å². The minimum atomic E-state index is -0.632. The number of rotatable bonds is 7. The third kappa shape index (κ3) is 4.32. The predicted octanol–water partition coefficient (Wildman–Crippen LogP) is 1.82. The van der Waals surface area contributed by atoms with E-state index in [1.165, 1.54) is 0 Å². The van der Waals surface area contributed by atoms with Crippen molar-refractivity contribution >= 4 is 5.91 Å². The molecule has 1 N–H and O–H groups in total. The molecular weight excluding hydrogens is 254 g/mol. The molecular formula is C16H23NO3. The van der Waals surface area contributed by atoms with Crippen molar-refractivity contribution < 1.29 is 14.6 Å². The minimum Gasteiger partial charge on any atom is -0.389 e. The van der Waals surface area contributed by atoms with Gasteiger partial charge in [-0.1, -0.05) is 36.8 Å². The van der Waals surface area contributed by atoms with Crippen molar-refractivity contribution in [1.82, 2.24) is 4.90 Å². The van der Waals surface area contributed by atoms with Gasteiger partial charge in [-0.15, -0.1) is 0 Å². The van der Waals surface area contributed by atoms with E-state index in [1.54, 1.807) is 11.9 Å². The Morgan fingerprint density at radius 3 is 2.70 bits per heavy atom. The van der Waals surface area contributed by atoms with Gasteiger partial charge in [0.1, 0.15) is 0 Å². The van der Waals surface area contributed by atoms with Crippen molar-refractivity contribution in [2.24, 2.45) is 5.92 Å². The first-order valence-corrected chi connectivity index (χ1v) is 7.21. The normalized spacial score (nSPS) is 16.5. The zero-order valence-electron chi connectivity index (χ0n) is 12.0. The van der Waals surface area contributed by atoms with Gasteiger partial charge in [0.15, 0.2) is 0 Å². The maximum absolute atomic E-state index is 11.9. The van der Waals surface area contributed by atoms with Gasteiger partial charge in [-0.25, -0.2) is 0 Å². The highest BCUT2D eigenvalue weighted by molar-refractivity contribution is 5.79. The first kappa shape index (κ1) is 15.0. The van der Waals surface area contributed by atoms with Crippen LogP contribution in [0.4, 0.5) is 0 Å². The lowest BCUT2D eigenvalue weighted by Gasteiger charge is -2.30. The molecule has 0 saturated heterocycles. The van der Waals surface area contributed by atoms with Crippen LogP contribution in [0, 0.1) is 5.92 Å². The van der Waals surface area contributed by atoms with Crippen LogP contribution in [-0.4, -0.2) is 42.2 Å². The molecule has 2 rings (SSSR count). The number of ether oxygens (including phenoxy) is 1. The molecule has 1 aromatic carbocycles.